The van der Waals surface area contributed by atoms with Crippen molar-refractivity contribution < 1.29 is 9.53 Å². The lowest BCUT2D eigenvalue weighted by Crippen LogP contribution is -2.38. The molecule has 0 heterocycles. The topological polar surface area (TPSA) is 38.3 Å². The van der Waals surface area contributed by atoms with Gasteiger partial charge in [-0.05, 0) is 62.6 Å². The van der Waals surface area contributed by atoms with Crippen LogP contribution in [0, 0.1) is 13.8 Å². The first-order valence-electron chi connectivity index (χ1n) is 8.20. The second-order valence-corrected chi connectivity index (χ2v) is 6.48. The molecule has 0 aliphatic heterocycles. The van der Waals surface area contributed by atoms with Gasteiger partial charge in [0.05, 0.1) is 6.04 Å². The second-order valence-electron chi connectivity index (χ2n) is 6.04. The number of aryl methyl sites for hydroxylation is 2. The molecular formula is C20H24ClNO2. The van der Waals surface area contributed by atoms with Crippen molar-refractivity contribution >= 4 is 17.5 Å². The average Bonchev–Trinajstić information content (AvgIpc) is 2.55. The van der Waals surface area contributed by atoms with E-state index in [1.807, 2.05) is 0 Å². The molecule has 3 nitrogen and oxygen atoms in total. The van der Waals surface area contributed by atoms with Crippen molar-refractivity contribution in [2.45, 2.75) is 46.3 Å². The number of hydrogen-bond donors (Lipinski definition) is 1. The van der Waals surface area contributed by atoms with Crippen LogP contribution in [0.4, 0.5) is 0 Å². The zero-order chi connectivity index (χ0) is 17.7. The number of hydrogen-bond acceptors (Lipinski definition) is 2. The molecule has 1 N–H and O–H groups in total. The number of halogens is 1. The molecule has 0 aliphatic rings. The minimum Gasteiger partial charge on any atom is -0.481 e. The maximum Gasteiger partial charge on any atom is 0.261 e. The van der Waals surface area contributed by atoms with Crippen molar-refractivity contribution in [1.29, 1.82) is 0 Å². The molecule has 128 valence electrons. The number of carbonyl (C=O) groups is 1. The monoisotopic (exact) mass is 345 g/mol. The molecular weight excluding hydrogens is 322 g/mol. The van der Waals surface area contributed by atoms with Crippen LogP contribution in [0.5, 0.6) is 5.75 Å². The average molecular weight is 346 g/mol. The van der Waals surface area contributed by atoms with Crippen LogP contribution in [0.3, 0.4) is 0 Å². The Labute approximate surface area is 149 Å². The maximum atomic E-state index is 12.5. The molecule has 0 fully saturated rings. The van der Waals surface area contributed by atoms with Gasteiger partial charge in [0.25, 0.3) is 5.91 Å². The Morgan fingerprint density at radius 1 is 1.17 bits per heavy atom. The van der Waals surface area contributed by atoms with E-state index in [1.165, 1.54) is 11.1 Å². The summed E-state index contributed by atoms with van der Waals surface area (Å²) in [5.41, 5.74) is 3.56. The van der Waals surface area contributed by atoms with E-state index in [2.05, 4.69) is 44.3 Å². The third-order valence-electron chi connectivity index (χ3n) is 4.02. The number of ether oxygens (including phenoxy) is 1. The first kappa shape index (κ1) is 18.3. The Balaban J connectivity index is 2.04. The Kier molecular flexibility index (Phi) is 6.27. The predicted molar refractivity (Wildman–Crippen MR) is 98.6 cm³/mol. The van der Waals surface area contributed by atoms with Crippen molar-refractivity contribution in [3.8, 4) is 5.75 Å². The highest BCUT2D eigenvalue weighted by Gasteiger charge is 2.20. The summed E-state index contributed by atoms with van der Waals surface area (Å²) in [4.78, 5) is 12.5. The fraction of sp³-hybridized carbons (Fsp3) is 0.350. The summed E-state index contributed by atoms with van der Waals surface area (Å²) in [7, 11) is 0. The van der Waals surface area contributed by atoms with Crippen LogP contribution in [-0.4, -0.2) is 12.0 Å². The van der Waals surface area contributed by atoms with Crippen LogP contribution in [0.25, 0.3) is 0 Å². The summed E-state index contributed by atoms with van der Waals surface area (Å²) in [5.74, 6) is 0.499. The van der Waals surface area contributed by atoms with Crippen molar-refractivity contribution in [1.82, 2.24) is 5.32 Å². The van der Waals surface area contributed by atoms with Crippen LogP contribution in [0.1, 0.15) is 43.0 Å². The summed E-state index contributed by atoms with van der Waals surface area (Å²) in [6.45, 7) is 7.96. The first-order valence-corrected chi connectivity index (χ1v) is 8.58. The first-order chi connectivity index (χ1) is 11.4. The van der Waals surface area contributed by atoms with Gasteiger partial charge in [-0.3, -0.25) is 4.79 Å². The molecule has 0 unspecified atom stereocenters. The van der Waals surface area contributed by atoms with E-state index >= 15 is 0 Å². The van der Waals surface area contributed by atoms with E-state index < -0.39 is 6.10 Å². The van der Waals surface area contributed by atoms with Crippen LogP contribution < -0.4 is 10.1 Å². The van der Waals surface area contributed by atoms with E-state index in [4.69, 9.17) is 16.3 Å². The predicted octanol–water partition coefficient (Wildman–Crippen LogP) is 4.99. The highest BCUT2D eigenvalue weighted by Crippen LogP contribution is 2.22. The lowest BCUT2D eigenvalue weighted by atomic mass is 9.97. The van der Waals surface area contributed by atoms with Crippen molar-refractivity contribution in [3.05, 3.63) is 64.2 Å². The molecule has 2 aromatic carbocycles. The SMILES string of the molecule is CC[C@@H](NC(=O)[C@H](C)Oc1ccc(Cl)cc1)c1ccc(C)cc1C. The largest absolute Gasteiger partial charge is 0.481 e. The van der Waals surface area contributed by atoms with Gasteiger partial charge in [-0.25, -0.2) is 0 Å². The zero-order valence-corrected chi connectivity index (χ0v) is 15.4. The van der Waals surface area contributed by atoms with E-state index in [1.54, 1.807) is 31.2 Å². The van der Waals surface area contributed by atoms with Gasteiger partial charge in [-0.15, -0.1) is 0 Å². The minimum atomic E-state index is -0.578. The Bertz CT molecular complexity index is 697. The van der Waals surface area contributed by atoms with Crippen LogP contribution >= 0.6 is 11.6 Å². The number of carbonyl (C=O) groups excluding carboxylic acids is 1. The molecule has 2 rings (SSSR count). The summed E-state index contributed by atoms with van der Waals surface area (Å²) in [5, 5.41) is 3.72. The van der Waals surface area contributed by atoms with Crippen LogP contribution in [0.15, 0.2) is 42.5 Å². The van der Waals surface area contributed by atoms with Crippen LogP contribution in [-0.2, 0) is 4.79 Å². The third kappa shape index (κ3) is 4.75. The van der Waals surface area contributed by atoms with Gasteiger partial charge in [0.2, 0.25) is 0 Å². The Hall–Kier alpha value is -2.00. The van der Waals surface area contributed by atoms with Gasteiger partial charge in [0, 0.05) is 5.02 Å². The maximum absolute atomic E-state index is 12.5. The molecule has 2 aromatic rings. The molecule has 0 spiro atoms. The smallest absolute Gasteiger partial charge is 0.261 e. The lowest BCUT2D eigenvalue weighted by molar-refractivity contribution is -0.128. The molecule has 0 aliphatic carbocycles. The standard InChI is InChI=1S/C20H24ClNO2/c1-5-19(18-11-6-13(2)12-14(18)3)22-20(23)15(4)24-17-9-7-16(21)8-10-17/h6-12,15,19H,5H2,1-4H3,(H,22,23)/t15-,19+/m0/s1. The number of nitrogens with one attached hydrogen (secondary N) is 1. The molecule has 0 aromatic heterocycles. The number of benzene rings is 2. The molecule has 0 saturated heterocycles. The fourth-order valence-electron chi connectivity index (χ4n) is 2.68. The highest BCUT2D eigenvalue weighted by molar-refractivity contribution is 6.30. The molecule has 0 bridgehead atoms. The minimum absolute atomic E-state index is 0.0191. The zero-order valence-electron chi connectivity index (χ0n) is 14.6. The Morgan fingerprint density at radius 2 is 1.83 bits per heavy atom. The van der Waals surface area contributed by atoms with E-state index in [9.17, 15) is 4.79 Å². The summed E-state index contributed by atoms with van der Waals surface area (Å²) in [6.07, 6.45) is 0.245. The van der Waals surface area contributed by atoms with Crippen molar-refractivity contribution in [2.75, 3.05) is 0 Å². The molecule has 0 radical (unpaired) electrons. The lowest BCUT2D eigenvalue weighted by Gasteiger charge is -2.22. The van der Waals surface area contributed by atoms with Gasteiger partial charge < -0.3 is 10.1 Å². The van der Waals surface area contributed by atoms with Crippen molar-refractivity contribution in [3.63, 3.8) is 0 Å². The van der Waals surface area contributed by atoms with Gasteiger partial charge >= 0.3 is 0 Å². The van der Waals surface area contributed by atoms with Crippen molar-refractivity contribution in [2.24, 2.45) is 0 Å². The van der Waals surface area contributed by atoms with E-state index in [-0.39, 0.29) is 11.9 Å². The van der Waals surface area contributed by atoms with E-state index in [0.29, 0.717) is 10.8 Å². The van der Waals surface area contributed by atoms with Gasteiger partial charge in [-0.2, -0.15) is 0 Å². The normalized spacial score (nSPS) is 13.2. The third-order valence-corrected chi connectivity index (χ3v) is 4.27. The summed E-state index contributed by atoms with van der Waals surface area (Å²) in [6, 6.07) is 13.3. The number of amides is 1. The molecule has 4 heteroatoms. The fourth-order valence-corrected chi connectivity index (χ4v) is 2.80. The van der Waals surface area contributed by atoms with Gasteiger partial charge in [-0.1, -0.05) is 42.3 Å². The van der Waals surface area contributed by atoms with Crippen LogP contribution in [0.2, 0.25) is 5.02 Å². The summed E-state index contributed by atoms with van der Waals surface area (Å²) >= 11 is 5.86. The molecule has 2 atom stereocenters. The van der Waals surface area contributed by atoms with Gasteiger partial charge in [0.1, 0.15) is 5.75 Å². The highest BCUT2D eigenvalue weighted by atomic mass is 35.5. The number of rotatable bonds is 6. The second kappa shape index (κ2) is 8.20. The Morgan fingerprint density at radius 3 is 2.42 bits per heavy atom. The molecule has 0 saturated carbocycles. The molecule has 24 heavy (non-hydrogen) atoms. The van der Waals surface area contributed by atoms with Gasteiger partial charge in [0.15, 0.2) is 6.10 Å². The van der Waals surface area contributed by atoms with E-state index in [0.717, 1.165) is 12.0 Å². The molecule has 1 amide bonds. The quantitative estimate of drug-likeness (QED) is 0.800. The summed E-state index contributed by atoms with van der Waals surface area (Å²) < 4.78 is 5.69.